The maximum Gasteiger partial charge on any atom is 0.312 e. The summed E-state index contributed by atoms with van der Waals surface area (Å²) < 4.78 is 33.3. The van der Waals surface area contributed by atoms with Gasteiger partial charge in [-0.3, -0.25) is 4.79 Å². The zero-order chi connectivity index (χ0) is 22.2. The first kappa shape index (κ1) is 22.1. The van der Waals surface area contributed by atoms with E-state index in [1.165, 1.54) is 11.4 Å². The smallest absolute Gasteiger partial charge is 0.312 e. The second-order valence-electron chi connectivity index (χ2n) is 9.11. The lowest BCUT2D eigenvalue weighted by Crippen LogP contribution is -2.52. The van der Waals surface area contributed by atoms with Crippen LogP contribution in [0.2, 0.25) is 0 Å². The van der Waals surface area contributed by atoms with Gasteiger partial charge in [-0.05, 0) is 68.5 Å². The van der Waals surface area contributed by atoms with E-state index in [1.54, 1.807) is 6.07 Å². The maximum absolute atomic E-state index is 13.3. The fraction of sp³-hybridized carbons (Fsp3) is 0.636. The minimum atomic E-state index is -3.60. The number of fused-ring (bicyclic) bond motifs is 1. The van der Waals surface area contributed by atoms with Crippen LogP contribution in [-0.2, 0) is 19.6 Å². The second kappa shape index (κ2) is 8.41. The first-order chi connectivity index (χ1) is 14.8. The lowest BCUT2D eigenvalue weighted by molar-refractivity contribution is -0.151. The standard InChI is InChI=1S/C22H30N4O4S/c1-16-9-17(12-23)3-4-20(16)25-5-7-26(8-6-25)31(28,29)15-22(21(27)30-2)10-18-13-24-14-19(18)11-22/h3-4,9,18-19,24H,5-8,10-11,13-15H2,1-2H3/t18-,19-/m1/s1. The van der Waals surface area contributed by atoms with Gasteiger partial charge in [0.25, 0.3) is 0 Å². The van der Waals surface area contributed by atoms with Crippen molar-refractivity contribution in [1.29, 1.82) is 5.26 Å². The van der Waals surface area contributed by atoms with Crippen LogP contribution < -0.4 is 10.2 Å². The van der Waals surface area contributed by atoms with Gasteiger partial charge < -0.3 is 15.0 Å². The quantitative estimate of drug-likeness (QED) is 0.676. The third kappa shape index (κ3) is 4.16. The minimum absolute atomic E-state index is 0.171. The molecular weight excluding hydrogens is 416 g/mol. The Morgan fingerprint density at radius 2 is 1.87 bits per heavy atom. The molecule has 0 bridgehead atoms. The number of rotatable bonds is 5. The van der Waals surface area contributed by atoms with Crippen molar-refractivity contribution in [2.24, 2.45) is 17.3 Å². The van der Waals surface area contributed by atoms with E-state index in [1.807, 2.05) is 19.1 Å². The molecule has 2 aliphatic heterocycles. The first-order valence-electron chi connectivity index (χ1n) is 10.8. The summed E-state index contributed by atoms with van der Waals surface area (Å²) in [6.07, 6.45) is 1.14. The molecule has 0 radical (unpaired) electrons. The highest BCUT2D eigenvalue weighted by molar-refractivity contribution is 7.89. The summed E-state index contributed by atoms with van der Waals surface area (Å²) in [7, 11) is -2.25. The van der Waals surface area contributed by atoms with Gasteiger partial charge in [-0.15, -0.1) is 0 Å². The number of carbonyl (C=O) groups is 1. The number of hydrogen-bond donors (Lipinski definition) is 1. The third-order valence-electron chi connectivity index (χ3n) is 7.16. The predicted octanol–water partition coefficient (Wildman–Crippen LogP) is 1.11. The van der Waals surface area contributed by atoms with Crippen molar-refractivity contribution < 1.29 is 17.9 Å². The fourth-order valence-electron chi connectivity index (χ4n) is 5.64. The van der Waals surface area contributed by atoms with Gasteiger partial charge >= 0.3 is 5.97 Å². The van der Waals surface area contributed by atoms with Gasteiger partial charge in [-0.25, -0.2) is 8.42 Å². The molecule has 1 N–H and O–H groups in total. The number of esters is 1. The summed E-state index contributed by atoms with van der Waals surface area (Å²) in [5, 5.41) is 12.4. The minimum Gasteiger partial charge on any atom is -0.469 e. The topological polar surface area (TPSA) is 103 Å². The Morgan fingerprint density at radius 3 is 2.42 bits per heavy atom. The normalized spacial score (nSPS) is 25.8. The Kier molecular flexibility index (Phi) is 5.99. The largest absolute Gasteiger partial charge is 0.469 e. The highest BCUT2D eigenvalue weighted by atomic mass is 32.2. The third-order valence-corrected chi connectivity index (χ3v) is 9.23. The van der Waals surface area contributed by atoms with E-state index in [-0.39, 0.29) is 5.75 Å². The summed E-state index contributed by atoms with van der Waals surface area (Å²) in [5.74, 6) is 0.114. The molecule has 1 aromatic carbocycles. The molecule has 2 saturated heterocycles. The molecule has 2 heterocycles. The fourth-order valence-corrected chi connectivity index (χ4v) is 7.59. The molecule has 0 amide bonds. The van der Waals surface area contributed by atoms with Gasteiger partial charge in [0, 0.05) is 31.9 Å². The summed E-state index contributed by atoms with van der Waals surface area (Å²) >= 11 is 0. The molecule has 31 heavy (non-hydrogen) atoms. The van der Waals surface area contributed by atoms with Gasteiger partial charge in [0.15, 0.2) is 0 Å². The van der Waals surface area contributed by atoms with Crippen LogP contribution >= 0.6 is 0 Å². The van der Waals surface area contributed by atoms with Crippen molar-refractivity contribution in [3.63, 3.8) is 0 Å². The molecule has 3 fully saturated rings. The molecule has 2 atom stereocenters. The van der Waals surface area contributed by atoms with Crippen molar-refractivity contribution >= 4 is 21.7 Å². The SMILES string of the molecule is COC(=O)C1(CS(=O)(=O)N2CCN(c3ccc(C#N)cc3C)CC2)C[C@@H]2CNC[C@H]2C1. The molecule has 3 aliphatic rings. The van der Waals surface area contributed by atoms with Crippen LogP contribution in [0.4, 0.5) is 5.69 Å². The average molecular weight is 447 g/mol. The number of ether oxygens (including phenoxy) is 1. The van der Waals surface area contributed by atoms with Crippen molar-refractivity contribution in [2.75, 3.05) is 57.0 Å². The van der Waals surface area contributed by atoms with Crippen molar-refractivity contribution in [3.8, 4) is 6.07 Å². The van der Waals surface area contributed by atoms with E-state index in [2.05, 4.69) is 16.3 Å². The zero-order valence-corrected chi connectivity index (χ0v) is 19.0. The lowest BCUT2D eigenvalue weighted by atomic mass is 9.87. The summed E-state index contributed by atoms with van der Waals surface area (Å²) in [5.41, 5.74) is 1.71. The molecule has 1 aliphatic carbocycles. The van der Waals surface area contributed by atoms with Crippen LogP contribution in [0.3, 0.4) is 0 Å². The highest BCUT2D eigenvalue weighted by Crippen LogP contribution is 2.49. The molecule has 8 nitrogen and oxygen atoms in total. The Bertz CT molecular complexity index is 983. The van der Waals surface area contributed by atoms with Crippen LogP contribution in [0.25, 0.3) is 0 Å². The number of nitrogens with one attached hydrogen (secondary N) is 1. The maximum atomic E-state index is 13.3. The average Bonchev–Trinajstić information content (AvgIpc) is 3.32. The predicted molar refractivity (Wildman–Crippen MR) is 117 cm³/mol. The van der Waals surface area contributed by atoms with E-state index < -0.39 is 21.4 Å². The Hall–Kier alpha value is -2.15. The molecule has 4 rings (SSSR count). The number of anilines is 1. The van der Waals surface area contributed by atoms with E-state index >= 15 is 0 Å². The molecule has 1 saturated carbocycles. The molecule has 0 aromatic heterocycles. The monoisotopic (exact) mass is 446 g/mol. The van der Waals surface area contributed by atoms with Crippen LogP contribution in [-0.4, -0.2) is 70.8 Å². The van der Waals surface area contributed by atoms with E-state index in [0.717, 1.165) is 24.3 Å². The van der Waals surface area contributed by atoms with Crippen LogP contribution in [0.15, 0.2) is 18.2 Å². The Morgan fingerprint density at radius 1 is 1.23 bits per heavy atom. The number of aryl methyl sites for hydroxylation is 1. The van der Waals surface area contributed by atoms with Gasteiger partial charge in [0.2, 0.25) is 10.0 Å². The highest BCUT2D eigenvalue weighted by Gasteiger charge is 2.55. The number of methoxy groups -OCH3 is 1. The number of carbonyl (C=O) groups excluding carboxylic acids is 1. The second-order valence-corrected chi connectivity index (χ2v) is 11.1. The van der Waals surface area contributed by atoms with Crippen LogP contribution in [0.5, 0.6) is 0 Å². The lowest BCUT2D eigenvalue weighted by Gasteiger charge is -2.37. The van der Waals surface area contributed by atoms with Gasteiger partial charge in [0.05, 0.1) is 29.9 Å². The van der Waals surface area contributed by atoms with Crippen LogP contribution in [0.1, 0.15) is 24.0 Å². The van der Waals surface area contributed by atoms with Crippen molar-refractivity contribution in [1.82, 2.24) is 9.62 Å². The number of piperazine rings is 1. The van der Waals surface area contributed by atoms with Crippen molar-refractivity contribution in [2.45, 2.75) is 19.8 Å². The summed E-state index contributed by atoms with van der Waals surface area (Å²) in [6.45, 7) is 5.56. The van der Waals surface area contributed by atoms with Crippen LogP contribution in [0, 0.1) is 35.5 Å². The number of hydrogen-bond acceptors (Lipinski definition) is 7. The Labute approximate surface area is 184 Å². The number of benzene rings is 1. The number of nitriles is 1. The first-order valence-corrected chi connectivity index (χ1v) is 12.4. The molecule has 1 aromatic rings. The van der Waals surface area contributed by atoms with Gasteiger partial charge in [-0.2, -0.15) is 9.57 Å². The molecule has 0 spiro atoms. The molecule has 0 unspecified atom stereocenters. The van der Waals surface area contributed by atoms with Gasteiger partial charge in [-0.1, -0.05) is 0 Å². The van der Waals surface area contributed by atoms with E-state index in [0.29, 0.717) is 56.4 Å². The Balaban J connectivity index is 1.45. The van der Waals surface area contributed by atoms with Gasteiger partial charge in [0.1, 0.15) is 0 Å². The van der Waals surface area contributed by atoms with E-state index in [4.69, 9.17) is 10.00 Å². The summed E-state index contributed by atoms with van der Waals surface area (Å²) in [6, 6.07) is 7.71. The van der Waals surface area contributed by atoms with E-state index in [9.17, 15) is 13.2 Å². The summed E-state index contributed by atoms with van der Waals surface area (Å²) in [4.78, 5) is 14.9. The molecule has 9 heteroatoms. The zero-order valence-electron chi connectivity index (χ0n) is 18.1. The number of nitrogens with zero attached hydrogens (tertiary/aromatic N) is 3. The molecular formula is C22H30N4O4S. The van der Waals surface area contributed by atoms with Crippen molar-refractivity contribution in [3.05, 3.63) is 29.3 Å². The molecule has 168 valence electrons. The number of sulfonamides is 1.